The fourth-order valence-electron chi connectivity index (χ4n) is 9.52. The van der Waals surface area contributed by atoms with Crippen molar-refractivity contribution in [3.05, 3.63) is 77.2 Å². The van der Waals surface area contributed by atoms with E-state index in [1.54, 1.807) is 19.1 Å². The van der Waals surface area contributed by atoms with Crippen LogP contribution < -0.4 is 5.73 Å². The summed E-state index contributed by atoms with van der Waals surface area (Å²) in [7, 11) is 0. The number of alkyl halides is 1. The fraction of sp³-hybridized carbons (Fsp3) is 0.529. The summed E-state index contributed by atoms with van der Waals surface area (Å²) in [5.74, 6) is -1.68. The first-order valence-electron chi connectivity index (χ1n) is 15.3. The molecule has 0 unspecified atom stereocenters. The highest BCUT2D eigenvalue weighted by atomic mass is 19.1. The second-order valence-electron chi connectivity index (χ2n) is 13.7. The van der Waals surface area contributed by atoms with E-state index in [2.05, 4.69) is 0 Å². The molecule has 2 heterocycles. The van der Waals surface area contributed by atoms with Gasteiger partial charge in [-0.15, -0.1) is 0 Å². The zero-order valence-electron chi connectivity index (χ0n) is 24.9. The molecule has 4 fully saturated rings. The molecule has 3 saturated carbocycles. The Bertz CT molecular complexity index is 1600. The quantitative estimate of drug-likeness (QED) is 0.367. The lowest BCUT2D eigenvalue weighted by atomic mass is 9.44. The van der Waals surface area contributed by atoms with Crippen molar-refractivity contribution in [1.29, 1.82) is 0 Å². The number of ether oxygens (including phenoxy) is 2. The molecule has 1 aromatic heterocycles. The van der Waals surface area contributed by atoms with Gasteiger partial charge >= 0.3 is 0 Å². The predicted octanol–water partition coefficient (Wildman–Crippen LogP) is 3.31. The van der Waals surface area contributed by atoms with Gasteiger partial charge in [0.2, 0.25) is 0 Å². The molecule has 7 rings (SSSR count). The van der Waals surface area contributed by atoms with Gasteiger partial charge in [-0.1, -0.05) is 30.7 Å². The van der Waals surface area contributed by atoms with Crippen LogP contribution in [-0.2, 0) is 32.2 Å². The molecular formula is C34H39FN2O7. The third-order valence-corrected chi connectivity index (χ3v) is 11.7. The van der Waals surface area contributed by atoms with Crippen molar-refractivity contribution >= 4 is 17.3 Å². The molecule has 1 aromatic carbocycles. The van der Waals surface area contributed by atoms with Crippen LogP contribution in [0, 0.1) is 22.7 Å². The van der Waals surface area contributed by atoms with Crippen LogP contribution in [0.5, 0.6) is 0 Å². The number of hydrogen-bond acceptors (Lipinski definition) is 8. The van der Waals surface area contributed by atoms with Crippen molar-refractivity contribution in [1.82, 2.24) is 4.57 Å². The minimum Gasteiger partial charge on any atom is -0.398 e. The van der Waals surface area contributed by atoms with Gasteiger partial charge in [-0.2, -0.15) is 0 Å². The number of nitrogen functional groups attached to an aromatic ring is 1. The van der Waals surface area contributed by atoms with Crippen molar-refractivity contribution in [2.45, 2.75) is 82.5 Å². The molecule has 9 atom stereocenters. The first-order valence-corrected chi connectivity index (χ1v) is 15.3. The molecule has 2 aromatic rings. The van der Waals surface area contributed by atoms with Crippen LogP contribution in [0.1, 0.15) is 62.5 Å². The van der Waals surface area contributed by atoms with Gasteiger partial charge in [0.1, 0.15) is 6.61 Å². The number of hydrogen-bond donors (Lipinski definition) is 4. The van der Waals surface area contributed by atoms with Crippen molar-refractivity contribution in [3.63, 3.8) is 0 Å². The molecule has 234 valence electrons. The lowest BCUT2D eigenvalue weighted by molar-refractivity contribution is -0.231. The number of nitrogens with two attached hydrogens (primary N) is 1. The highest BCUT2D eigenvalue weighted by Gasteiger charge is 2.79. The molecule has 0 radical (unpaired) electrons. The number of rotatable bonds is 6. The highest BCUT2D eigenvalue weighted by molar-refractivity contribution is 6.01. The molecule has 44 heavy (non-hydrogen) atoms. The standard InChI is InChI=1S/C34H39FN2O7/c1-31-9-7-23(40)12-22(31)5-6-24-25-13-29-34(28(42)18-39,32(25,2)14-27(41)33(24,31)35)44-30(43-29)20-8-10-37(16-20)15-19-3-4-21(17-38)26(36)11-19/h3-4,7-12,16,24-25,27,29-30,38-39,41H,5-6,13-15,17-18,36H2,1-2H3/t24-,25-,27-,29+,30+,31-,32-,33-,34+/m0/s1. The number of aliphatic hydroxyl groups is 3. The second-order valence-corrected chi connectivity index (χ2v) is 13.7. The lowest BCUT2D eigenvalue weighted by Gasteiger charge is -2.62. The molecular weight excluding hydrogens is 567 g/mol. The number of allylic oxidation sites excluding steroid dienone is 4. The van der Waals surface area contributed by atoms with E-state index in [1.807, 2.05) is 42.1 Å². The predicted molar refractivity (Wildman–Crippen MR) is 158 cm³/mol. The largest absolute Gasteiger partial charge is 0.398 e. The van der Waals surface area contributed by atoms with Crippen molar-refractivity contribution in [2.24, 2.45) is 22.7 Å². The summed E-state index contributed by atoms with van der Waals surface area (Å²) in [6, 6.07) is 7.36. The van der Waals surface area contributed by atoms with E-state index >= 15 is 4.39 Å². The van der Waals surface area contributed by atoms with Crippen molar-refractivity contribution in [2.75, 3.05) is 12.3 Å². The van der Waals surface area contributed by atoms with E-state index in [1.165, 1.54) is 12.2 Å². The number of aromatic nitrogens is 1. The Morgan fingerprint density at radius 3 is 2.73 bits per heavy atom. The number of fused-ring (bicyclic) bond motifs is 7. The SMILES string of the molecule is C[C@]12C=CC(=O)C=C1CC[C@H]1[C@@H]3C[C@H]4O[C@@H](c5ccn(Cc6ccc(CO)c(N)c6)c5)O[C@@]4(C(=O)CO)[C@@]3(C)C[C@H](O)[C@@]12F. The average Bonchev–Trinajstić information content (AvgIpc) is 3.67. The van der Waals surface area contributed by atoms with Crippen LogP contribution in [0.3, 0.4) is 0 Å². The van der Waals surface area contributed by atoms with Crippen LogP contribution in [0.15, 0.2) is 60.5 Å². The van der Waals surface area contributed by atoms with E-state index < -0.39 is 58.9 Å². The molecule has 5 N–H and O–H groups in total. The van der Waals surface area contributed by atoms with Gasteiger partial charge in [-0.05, 0) is 68.4 Å². The normalized spacial score (nSPS) is 40.6. The Labute approximate surface area is 255 Å². The minimum atomic E-state index is -2.05. The first kappa shape index (κ1) is 29.6. The number of ketones is 2. The number of Topliss-reactive ketones (excluding diaryl/α,β-unsaturated/α-hetero) is 1. The third-order valence-electron chi connectivity index (χ3n) is 11.7. The molecule has 4 aliphatic carbocycles. The second kappa shape index (κ2) is 9.92. The van der Waals surface area contributed by atoms with Crippen LogP contribution in [0.2, 0.25) is 0 Å². The Morgan fingerprint density at radius 2 is 2.00 bits per heavy atom. The number of carbonyl (C=O) groups excluding carboxylic acids is 2. The first-order chi connectivity index (χ1) is 20.9. The summed E-state index contributed by atoms with van der Waals surface area (Å²) in [5.41, 5.74) is 3.78. The van der Waals surface area contributed by atoms with Crippen LogP contribution in [-0.4, -0.2) is 61.5 Å². The minimum absolute atomic E-state index is 0.0556. The highest BCUT2D eigenvalue weighted by Crippen LogP contribution is 2.72. The van der Waals surface area contributed by atoms with E-state index in [-0.39, 0.29) is 24.7 Å². The van der Waals surface area contributed by atoms with Gasteiger partial charge in [0.15, 0.2) is 29.1 Å². The van der Waals surface area contributed by atoms with Gasteiger partial charge in [0.25, 0.3) is 0 Å². The molecule has 9 nitrogen and oxygen atoms in total. The molecule has 0 amide bonds. The molecule has 1 saturated heterocycles. The maximum Gasteiger partial charge on any atom is 0.193 e. The van der Waals surface area contributed by atoms with Crippen LogP contribution in [0.25, 0.3) is 0 Å². The molecule has 5 aliphatic rings. The smallest absolute Gasteiger partial charge is 0.193 e. The summed E-state index contributed by atoms with van der Waals surface area (Å²) >= 11 is 0. The Hall–Kier alpha value is -3.15. The molecule has 1 aliphatic heterocycles. The zero-order chi connectivity index (χ0) is 31.2. The van der Waals surface area contributed by atoms with E-state index in [4.69, 9.17) is 15.2 Å². The van der Waals surface area contributed by atoms with E-state index in [0.29, 0.717) is 48.2 Å². The van der Waals surface area contributed by atoms with Crippen LogP contribution >= 0.6 is 0 Å². The topological polar surface area (TPSA) is 144 Å². The fourth-order valence-corrected chi connectivity index (χ4v) is 9.52. The number of nitrogens with zero attached hydrogens (tertiary/aromatic N) is 1. The summed E-state index contributed by atoms with van der Waals surface area (Å²) < 4.78 is 32.6. The maximum absolute atomic E-state index is 17.5. The van der Waals surface area contributed by atoms with Crippen molar-refractivity contribution < 1.29 is 38.8 Å². The third kappa shape index (κ3) is 3.75. The monoisotopic (exact) mass is 606 g/mol. The number of carbonyl (C=O) groups is 2. The van der Waals surface area contributed by atoms with Gasteiger partial charge in [-0.3, -0.25) is 9.59 Å². The lowest BCUT2D eigenvalue weighted by Crippen LogP contribution is -2.69. The molecule has 0 spiro atoms. The Morgan fingerprint density at radius 1 is 1.20 bits per heavy atom. The number of anilines is 1. The van der Waals surface area contributed by atoms with E-state index in [0.717, 1.165) is 5.56 Å². The van der Waals surface area contributed by atoms with Gasteiger partial charge in [-0.25, -0.2) is 4.39 Å². The summed E-state index contributed by atoms with van der Waals surface area (Å²) in [6.07, 6.45) is 6.39. The maximum atomic E-state index is 17.5. The summed E-state index contributed by atoms with van der Waals surface area (Å²) in [4.78, 5) is 25.9. The Balaban J connectivity index is 1.19. The molecule has 0 bridgehead atoms. The summed E-state index contributed by atoms with van der Waals surface area (Å²) in [5, 5.41) is 31.3. The van der Waals surface area contributed by atoms with Gasteiger partial charge in [0.05, 0.1) is 18.8 Å². The van der Waals surface area contributed by atoms with Crippen LogP contribution in [0.4, 0.5) is 10.1 Å². The number of aliphatic hydroxyl groups excluding tert-OH is 3. The number of halogens is 1. The number of benzene rings is 1. The van der Waals surface area contributed by atoms with Gasteiger partial charge < -0.3 is 35.1 Å². The zero-order valence-corrected chi connectivity index (χ0v) is 24.9. The average molecular weight is 607 g/mol. The Kier molecular flexibility index (Phi) is 6.67. The summed E-state index contributed by atoms with van der Waals surface area (Å²) in [6.45, 7) is 3.24. The van der Waals surface area contributed by atoms with Gasteiger partial charge in [0, 0.05) is 52.5 Å². The van der Waals surface area contributed by atoms with E-state index in [9.17, 15) is 24.9 Å². The molecule has 10 heteroatoms. The van der Waals surface area contributed by atoms with Crippen molar-refractivity contribution in [3.8, 4) is 0 Å².